The molecule has 5 heteroatoms. The molecule has 0 spiro atoms. The lowest BCUT2D eigenvalue weighted by molar-refractivity contribution is 0.0992. The largest absolute Gasteiger partial charge is 0.422 e. The number of para-hydroxylation sites is 1. The Bertz CT molecular complexity index is 630. The standard InChI is InChI=1S/C12H11NO4/c1-16-6-8-7-4-2-3-5-9(7)17-12(15)10(8)11(13)14/h2-5H,6H2,1H3,(H2,13,14). The molecule has 0 bridgehead atoms. The Morgan fingerprint density at radius 2 is 2.12 bits per heavy atom. The summed E-state index contributed by atoms with van der Waals surface area (Å²) in [5.41, 5.74) is 5.18. The van der Waals surface area contributed by atoms with Gasteiger partial charge in [-0.15, -0.1) is 0 Å². The fourth-order valence-electron chi connectivity index (χ4n) is 1.76. The minimum Gasteiger partial charge on any atom is -0.422 e. The van der Waals surface area contributed by atoms with Crippen LogP contribution >= 0.6 is 0 Å². The van der Waals surface area contributed by atoms with Gasteiger partial charge in [0, 0.05) is 18.1 Å². The Hall–Kier alpha value is -2.14. The fraction of sp³-hybridized carbons (Fsp3) is 0.167. The Morgan fingerprint density at radius 3 is 2.76 bits per heavy atom. The highest BCUT2D eigenvalue weighted by Gasteiger charge is 2.18. The number of carbonyl (C=O) groups is 1. The average Bonchev–Trinajstić information content (AvgIpc) is 2.28. The minimum atomic E-state index is -0.809. The van der Waals surface area contributed by atoms with Crippen LogP contribution in [0.2, 0.25) is 0 Å². The lowest BCUT2D eigenvalue weighted by Gasteiger charge is -2.07. The van der Waals surface area contributed by atoms with E-state index >= 15 is 0 Å². The van der Waals surface area contributed by atoms with E-state index in [4.69, 9.17) is 14.9 Å². The van der Waals surface area contributed by atoms with Gasteiger partial charge in [0.1, 0.15) is 11.1 Å². The molecule has 1 aromatic carbocycles. The molecule has 0 saturated heterocycles. The fourth-order valence-corrected chi connectivity index (χ4v) is 1.76. The molecule has 0 atom stereocenters. The summed E-state index contributed by atoms with van der Waals surface area (Å²) in [6, 6.07) is 6.93. The van der Waals surface area contributed by atoms with Gasteiger partial charge in [0.05, 0.1) is 6.61 Å². The second-order valence-electron chi connectivity index (χ2n) is 3.54. The van der Waals surface area contributed by atoms with Crippen molar-refractivity contribution in [1.82, 2.24) is 0 Å². The Morgan fingerprint density at radius 1 is 1.41 bits per heavy atom. The number of fused-ring (bicyclic) bond motifs is 1. The van der Waals surface area contributed by atoms with Crippen molar-refractivity contribution in [1.29, 1.82) is 0 Å². The first-order chi connectivity index (χ1) is 8.15. The summed E-state index contributed by atoms with van der Waals surface area (Å²) in [5.74, 6) is -0.809. The zero-order valence-corrected chi connectivity index (χ0v) is 9.23. The summed E-state index contributed by atoms with van der Waals surface area (Å²) in [4.78, 5) is 22.9. The Labute approximate surface area is 96.8 Å². The maximum absolute atomic E-state index is 11.6. The summed E-state index contributed by atoms with van der Waals surface area (Å²) in [5, 5.41) is 0.655. The number of ether oxygens (including phenoxy) is 1. The van der Waals surface area contributed by atoms with E-state index in [2.05, 4.69) is 0 Å². The third kappa shape index (κ3) is 1.92. The van der Waals surface area contributed by atoms with E-state index in [0.29, 0.717) is 16.5 Å². The molecule has 0 aliphatic rings. The molecule has 2 aromatic rings. The molecule has 0 fully saturated rings. The zero-order chi connectivity index (χ0) is 12.4. The van der Waals surface area contributed by atoms with E-state index in [-0.39, 0.29) is 12.2 Å². The third-order valence-corrected chi connectivity index (χ3v) is 2.46. The summed E-state index contributed by atoms with van der Waals surface area (Å²) >= 11 is 0. The van der Waals surface area contributed by atoms with E-state index in [9.17, 15) is 9.59 Å². The molecule has 0 unspecified atom stereocenters. The molecule has 1 aromatic heterocycles. The van der Waals surface area contributed by atoms with Crippen molar-refractivity contribution in [2.24, 2.45) is 5.73 Å². The van der Waals surface area contributed by atoms with Crippen molar-refractivity contribution in [3.05, 3.63) is 45.8 Å². The van der Waals surface area contributed by atoms with E-state index in [1.807, 2.05) is 0 Å². The molecule has 1 amide bonds. The Kier molecular flexibility index (Phi) is 2.93. The molecule has 0 radical (unpaired) electrons. The predicted octanol–water partition coefficient (Wildman–Crippen LogP) is 1.04. The van der Waals surface area contributed by atoms with Crippen LogP contribution in [-0.2, 0) is 11.3 Å². The monoisotopic (exact) mass is 233 g/mol. The van der Waals surface area contributed by atoms with Crippen LogP contribution in [0.4, 0.5) is 0 Å². The first-order valence-corrected chi connectivity index (χ1v) is 4.98. The molecule has 0 aliphatic heterocycles. The van der Waals surface area contributed by atoms with E-state index < -0.39 is 11.5 Å². The highest BCUT2D eigenvalue weighted by atomic mass is 16.5. The average molecular weight is 233 g/mol. The quantitative estimate of drug-likeness (QED) is 0.803. The van der Waals surface area contributed by atoms with Gasteiger partial charge in [0.15, 0.2) is 0 Å². The van der Waals surface area contributed by atoms with Crippen molar-refractivity contribution in [2.45, 2.75) is 6.61 Å². The van der Waals surface area contributed by atoms with Gasteiger partial charge >= 0.3 is 5.63 Å². The molecular weight excluding hydrogens is 222 g/mol. The number of rotatable bonds is 3. The van der Waals surface area contributed by atoms with Gasteiger partial charge < -0.3 is 14.9 Å². The molecule has 17 heavy (non-hydrogen) atoms. The van der Waals surface area contributed by atoms with Crippen LogP contribution in [0.1, 0.15) is 15.9 Å². The van der Waals surface area contributed by atoms with Crippen LogP contribution in [0.3, 0.4) is 0 Å². The molecule has 2 rings (SSSR count). The number of amides is 1. The predicted molar refractivity (Wildman–Crippen MR) is 61.7 cm³/mol. The third-order valence-electron chi connectivity index (χ3n) is 2.46. The van der Waals surface area contributed by atoms with Crippen LogP contribution in [-0.4, -0.2) is 13.0 Å². The SMILES string of the molecule is COCc1c(C(N)=O)c(=O)oc2ccccc12. The molecular formula is C12H11NO4. The topological polar surface area (TPSA) is 82.5 Å². The molecule has 2 N–H and O–H groups in total. The highest BCUT2D eigenvalue weighted by molar-refractivity contribution is 5.98. The van der Waals surface area contributed by atoms with Gasteiger partial charge in [0.2, 0.25) is 0 Å². The van der Waals surface area contributed by atoms with Crippen LogP contribution in [0.15, 0.2) is 33.5 Å². The Balaban J connectivity index is 2.88. The second-order valence-corrected chi connectivity index (χ2v) is 3.54. The van der Waals surface area contributed by atoms with Crippen LogP contribution < -0.4 is 11.4 Å². The molecule has 0 aliphatic carbocycles. The molecule has 0 saturated carbocycles. The number of hydrogen-bond acceptors (Lipinski definition) is 4. The van der Waals surface area contributed by atoms with Crippen LogP contribution in [0.5, 0.6) is 0 Å². The molecule has 88 valence electrons. The maximum Gasteiger partial charge on any atom is 0.349 e. The van der Waals surface area contributed by atoms with Crippen LogP contribution in [0, 0.1) is 0 Å². The van der Waals surface area contributed by atoms with Crippen LogP contribution in [0.25, 0.3) is 11.0 Å². The van der Waals surface area contributed by atoms with Gasteiger partial charge in [-0.25, -0.2) is 4.79 Å². The van der Waals surface area contributed by atoms with E-state index in [1.54, 1.807) is 24.3 Å². The number of nitrogens with two attached hydrogens (primary N) is 1. The maximum atomic E-state index is 11.6. The van der Waals surface area contributed by atoms with Gasteiger partial charge in [0.25, 0.3) is 5.91 Å². The van der Waals surface area contributed by atoms with Gasteiger partial charge in [-0.2, -0.15) is 0 Å². The minimum absolute atomic E-state index is 0.129. The molecule has 1 heterocycles. The number of benzene rings is 1. The lowest BCUT2D eigenvalue weighted by Crippen LogP contribution is -2.24. The van der Waals surface area contributed by atoms with Crippen molar-refractivity contribution in [3.8, 4) is 0 Å². The summed E-state index contributed by atoms with van der Waals surface area (Å²) in [6.45, 7) is 0.129. The second kappa shape index (κ2) is 4.39. The summed E-state index contributed by atoms with van der Waals surface area (Å²) < 4.78 is 10.0. The van der Waals surface area contributed by atoms with Gasteiger partial charge in [-0.1, -0.05) is 18.2 Å². The van der Waals surface area contributed by atoms with Crippen molar-refractivity contribution in [2.75, 3.05) is 7.11 Å². The van der Waals surface area contributed by atoms with Gasteiger partial charge in [-0.05, 0) is 6.07 Å². The van der Waals surface area contributed by atoms with Crippen molar-refractivity contribution >= 4 is 16.9 Å². The molecule has 5 nitrogen and oxygen atoms in total. The number of methoxy groups -OCH3 is 1. The first kappa shape index (κ1) is 11.3. The zero-order valence-electron chi connectivity index (χ0n) is 9.23. The first-order valence-electron chi connectivity index (χ1n) is 4.98. The summed E-state index contributed by atoms with van der Waals surface area (Å²) in [7, 11) is 1.48. The van der Waals surface area contributed by atoms with Crippen molar-refractivity contribution < 1.29 is 13.9 Å². The smallest absolute Gasteiger partial charge is 0.349 e. The van der Waals surface area contributed by atoms with Crippen molar-refractivity contribution in [3.63, 3.8) is 0 Å². The normalized spacial score (nSPS) is 10.6. The van der Waals surface area contributed by atoms with E-state index in [1.165, 1.54) is 7.11 Å². The summed E-state index contributed by atoms with van der Waals surface area (Å²) in [6.07, 6.45) is 0. The number of hydrogen-bond donors (Lipinski definition) is 1. The highest BCUT2D eigenvalue weighted by Crippen LogP contribution is 2.20. The van der Waals surface area contributed by atoms with Gasteiger partial charge in [-0.3, -0.25) is 4.79 Å². The number of carbonyl (C=O) groups excluding carboxylic acids is 1. The lowest BCUT2D eigenvalue weighted by atomic mass is 10.0. The number of primary amides is 1. The van der Waals surface area contributed by atoms with E-state index in [0.717, 1.165) is 0 Å².